The molecule has 46 heavy (non-hydrogen) atoms. The Balaban J connectivity index is 1.64. The van der Waals surface area contributed by atoms with E-state index in [-0.39, 0.29) is 42.2 Å². The summed E-state index contributed by atoms with van der Waals surface area (Å²) in [4.78, 5) is 25.2. The van der Waals surface area contributed by atoms with Gasteiger partial charge in [-0.2, -0.15) is 9.55 Å². The Morgan fingerprint density at radius 1 is 1.02 bits per heavy atom. The summed E-state index contributed by atoms with van der Waals surface area (Å²) in [7, 11) is -0.0291. The van der Waals surface area contributed by atoms with Crippen molar-refractivity contribution in [3.8, 4) is 23.0 Å². The van der Waals surface area contributed by atoms with Crippen molar-refractivity contribution in [3.63, 3.8) is 0 Å². The molecule has 19 heteroatoms. The molecule has 0 saturated heterocycles. The maximum atomic E-state index is 14.9. The number of aromatic nitrogens is 3. The number of rotatable bonds is 14. The molecule has 250 valence electrons. The van der Waals surface area contributed by atoms with E-state index >= 15 is 0 Å². The summed E-state index contributed by atoms with van der Waals surface area (Å²) in [6.07, 6.45) is 0.941. The summed E-state index contributed by atoms with van der Waals surface area (Å²) in [5.41, 5.74) is -0.944. The first kappa shape index (κ1) is 34.6. The van der Waals surface area contributed by atoms with Gasteiger partial charge < -0.3 is 40.0 Å². The first-order valence-corrected chi connectivity index (χ1v) is 15.6. The lowest BCUT2D eigenvalue weighted by Gasteiger charge is -2.39. The van der Waals surface area contributed by atoms with Crippen LogP contribution in [0, 0.1) is 16.2 Å². The number of quaternary nitrogens is 2. The minimum Gasteiger partial charge on any atom is -0.626 e. The minimum atomic E-state index is -4.42. The number of methoxy groups -OCH3 is 3. The Kier molecular flexibility index (Phi) is 10.5. The molecule has 17 nitrogen and oxygen atoms in total. The van der Waals surface area contributed by atoms with Gasteiger partial charge in [-0.15, -0.1) is 0 Å². The monoisotopic (exact) mass is 666 g/mol. The summed E-state index contributed by atoms with van der Waals surface area (Å²) in [6, 6.07) is 6.17. The van der Waals surface area contributed by atoms with E-state index in [9.17, 15) is 24.2 Å². The zero-order valence-electron chi connectivity index (χ0n) is 26.3. The number of benzene rings is 1. The molecule has 2 atom stereocenters. The Hall–Kier alpha value is -4.32. The van der Waals surface area contributed by atoms with Gasteiger partial charge in [-0.1, -0.05) is 0 Å². The molecule has 0 spiro atoms. The number of amides is 1. The van der Waals surface area contributed by atoms with E-state index in [4.69, 9.17) is 23.5 Å². The highest BCUT2D eigenvalue weighted by atomic mass is 31.2. The Labute approximate surface area is 264 Å². The molecular formula is C27H36FN8O9P. The van der Waals surface area contributed by atoms with Crippen LogP contribution in [0.25, 0.3) is 0 Å². The summed E-state index contributed by atoms with van der Waals surface area (Å²) in [5.74, 6) is -0.526. The summed E-state index contributed by atoms with van der Waals surface area (Å²) >= 11 is 0. The van der Waals surface area contributed by atoms with Crippen LogP contribution in [0.4, 0.5) is 33.5 Å². The molecule has 0 fully saturated rings. The predicted octanol–water partition coefficient (Wildman–Crippen LogP) is 1.92. The first-order chi connectivity index (χ1) is 21.8. The predicted molar refractivity (Wildman–Crippen MR) is 164 cm³/mol. The maximum absolute atomic E-state index is 14.9. The van der Waals surface area contributed by atoms with Crippen LogP contribution in [0.15, 0.2) is 30.5 Å². The minimum absolute atomic E-state index is 0.00311. The van der Waals surface area contributed by atoms with Crippen LogP contribution in [-0.4, -0.2) is 67.6 Å². The molecule has 0 bridgehead atoms. The molecule has 1 aliphatic heterocycles. The van der Waals surface area contributed by atoms with Gasteiger partial charge in [0.2, 0.25) is 11.7 Å². The SMILES string of the molecule is CC[NH+]([O-])P(=O)(OCN1C(=O)C(C)(C)Oc2ccc(Nc3nc(Nc4cc(OC)c(OC)c(OC)c4)ncc3F)nc21)[NH+]([O-])CC. The van der Waals surface area contributed by atoms with Gasteiger partial charge in [0.15, 0.2) is 40.3 Å². The van der Waals surface area contributed by atoms with Crippen molar-refractivity contribution in [2.75, 3.05) is 56.7 Å². The summed E-state index contributed by atoms with van der Waals surface area (Å²) in [5, 5.41) is 30.6. The van der Waals surface area contributed by atoms with Gasteiger partial charge in [-0.3, -0.25) is 19.4 Å². The second-order valence-electron chi connectivity index (χ2n) is 10.2. The second-order valence-corrected chi connectivity index (χ2v) is 12.6. The molecule has 4 rings (SSSR count). The number of halogens is 1. The van der Waals surface area contributed by atoms with E-state index in [1.165, 1.54) is 61.2 Å². The average molecular weight is 667 g/mol. The molecule has 1 aliphatic rings. The standard InChI is InChI=1S/C27H36FN8O9P/c1-8-35(38)46(40,36(39)9-2)44-15-34-24-18(45-27(3,4)25(34)37)10-11-21(32-24)31-23-17(28)14-29-26(33-23)30-16-12-19(41-5)22(43-7)20(13-16)42-6/h10-14,35-36H,8-9,15H2,1-7H3,(H2,29,30,31,32,33). The van der Waals surface area contributed by atoms with E-state index in [0.717, 1.165) is 11.1 Å². The Morgan fingerprint density at radius 3 is 2.22 bits per heavy atom. The number of fused-ring (bicyclic) bond motifs is 1. The third-order valence-electron chi connectivity index (χ3n) is 6.76. The largest absolute Gasteiger partial charge is 0.626 e. The number of carbonyl (C=O) groups is 1. The van der Waals surface area contributed by atoms with Gasteiger partial charge in [0.1, 0.15) is 12.5 Å². The van der Waals surface area contributed by atoms with Gasteiger partial charge in [0.05, 0.1) is 40.6 Å². The average Bonchev–Trinajstić information content (AvgIpc) is 3.05. The van der Waals surface area contributed by atoms with Gasteiger partial charge in [-0.25, -0.2) is 18.9 Å². The third-order valence-corrected chi connectivity index (χ3v) is 9.19. The molecule has 3 aromatic rings. The summed E-state index contributed by atoms with van der Waals surface area (Å²) < 4.78 is 55.5. The Morgan fingerprint density at radius 2 is 1.65 bits per heavy atom. The van der Waals surface area contributed by atoms with Crippen molar-refractivity contribution in [1.29, 1.82) is 0 Å². The van der Waals surface area contributed by atoms with E-state index in [1.54, 1.807) is 12.1 Å². The van der Waals surface area contributed by atoms with Crippen LogP contribution in [-0.2, 0) is 13.9 Å². The van der Waals surface area contributed by atoms with Crippen molar-refractivity contribution >= 4 is 42.7 Å². The topological polar surface area (TPSA) is 201 Å². The number of anilines is 5. The quantitative estimate of drug-likeness (QED) is 0.144. The van der Waals surface area contributed by atoms with Crippen LogP contribution in [0.5, 0.6) is 23.0 Å². The molecule has 0 radical (unpaired) electrons. The van der Waals surface area contributed by atoms with Crippen molar-refractivity contribution in [2.45, 2.75) is 33.3 Å². The number of nitrogens with zero attached hydrogens (tertiary/aromatic N) is 4. The molecule has 2 unspecified atom stereocenters. The van der Waals surface area contributed by atoms with Gasteiger partial charge in [0, 0.05) is 17.8 Å². The van der Waals surface area contributed by atoms with Crippen molar-refractivity contribution < 1.29 is 46.9 Å². The molecule has 0 saturated carbocycles. The highest BCUT2D eigenvalue weighted by molar-refractivity contribution is 7.44. The van der Waals surface area contributed by atoms with Crippen LogP contribution >= 0.6 is 7.67 Å². The molecular weight excluding hydrogens is 630 g/mol. The number of pyridine rings is 1. The number of hydroxylamine groups is 2. The lowest BCUT2D eigenvalue weighted by molar-refractivity contribution is -0.835. The third kappa shape index (κ3) is 6.91. The van der Waals surface area contributed by atoms with E-state index in [1.807, 2.05) is 0 Å². The lowest BCUT2D eigenvalue weighted by atomic mass is 10.1. The van der Waals surface area contributed by atoms with E-state index in [0.29, 0.717) is 22.9 Å². The molecule has 1 amide bonds. The normalized spacial score (nSPS) is 16.4. The van der Waals surface area contributed by atoms with Gasteiger partial charge in [-0.05, 0) is 39.8 Å². The zero-order chi connectivity index (χ0) is 33.8. The van der Waals surface area contributed by atoms with Crippen LogP contribution in [0.2, 0.25) is 0 Å². The first-order valence-electron chi connectivity index (χ1n) is 14.0. The molecule has 2 aromatic heterocycles. The number of hydrogen-bond donors (Lipinski definition) is 4. The fourth-order valence-corrected chi connectivity index (χ4v) is 6.07. The maximum Gasteiger partial charge on any atom is 0.576 e. The number of hydrogen-bond acceptors (Lipinski definition) is 14. The zero-order valence-corrected chi connectivity index (χ0v) is 27.2. The molecule has 4 N–H and O–H groups in total. The van der Waals surface area contributed by atoms with Gasteiger partial charge in [0.25, 0.3) is 5.91 Å². The molecule has 0 aliphatic carbocycles. The second kappa shape index (κ2) is 14.0. The lowest BCUT2D eigenvalue weighted by Crippen LogP contribution is -3.20. The molecule has 1 aromatic carbocycles. The van der Waals surface area contributed by atoms with Crippen molar-refractivity contribution in [1.82, 2.24) is 15.0 Å². The van der Waals surface area contributed by atoms with Crippen LogP contribution < -0.4 is 44.1 Å². The van der Waals surface area contributed by atoms with E-state index in [2.05, 4.69) is 25.6 Å². The fourth-order valence-electron chi connectivity index (χ4n) is 4.39. The van der Waals surface area contributed by atoms with Crippen molar-refractivity contribution in [3.05, 3.63) is 46.7 Å². The van der Waals surface area contributed by atoms with Gasteiger partial charge >= 0.3 is 7.67 Å². The number of carbonyl (C=O) groups excluding carboxylic acids is 1. The number of ether oxygens (including phenoxy) is 4. The fraction of sp³-hybridized carbons (Fsp3) is 0.407. The van der Waals surface area contributed by atoms with E-state index < -0.39 is 41.4 Å². The van der Waals surface area contributed by atoms with Crippen LogP contribution in [0.3, 0.4) is 0 Å². The Bertz CT molecular complexity index is 1590. The van der Waals surface area contributed by atoms with Crippen molar-refractivity contribution in [2.24, 2.45) is 0 Å². The highest BCUT2D eigenvalue weighted by Gasteiger charge is 2.46. The molecule has 3 heterocycles. The van der Waals surface area contributed by atoms with Crippen LogP contribution in [0.1, 0.15) is 27.7 Å². The smallest absolute Gasteiger partial charge is 0.576 e. The number of nitrogens with one attached hydrogen (secondary N) is 4. The summed E-state index contributed by atoms with van der Waals surface area (Å²) in [6.45, 7) is 4.79. The highest BCUT2D eigenvalue weighted by Crippen LogP contribution is 2.41.